The van der Waals surface area contributed by atoms with Gasteiger partial charge >= 0.3 is 0 Å². The standard InChI is InChI=1S/C21H30N4/c1-3-8-18(9-4-1)25-16-14-24(15-17-25)13-7-12-21-19-10-5-2-6-11-20(19)22-23-21/h1,3-4,8-9H,2,5-7,10-17H2,(H,22,23). The van der Waals surface area contributed by atoms with Crippen molar-refractivity contribution in [3.05, 3.63) is 47.3 Å². The zero-order chi connectivity index (χ0) is 16.9. The van der Waals surface area contributed by atoms with Crippen LogP contribution in [0.1, 0.15) is 42.6 Å². The van der Waals surface area contributed by atoms with Crippen molar-refractivity contribution in [2.24, 2.45) is 0 Å². The lowest BCUT2D eigenvalue weighted by Gasteiger charge is -2.36. The molecule has 1 saturated heterocycles. The van der Waals surface area contributed by atoms with E-state index in [0.717, 1.165) is 19.5 Å². The third kappa shape index (κ3) is 4.06. The summed E-state index contributed by atoms with van der Waals surface area (Å²) < 4.78 is 0. The highest BCUT2D eigenvalue weighted by molar-refractivity contribution is 5.46. The van der Waals surface area contributed by atoms with Crippen LogP contribution in [-0.2, 0) is 19.3 Å². The molecule has 2 heterocycles. The zero-order valence-corrected chi connectivity index (χ0v) is 15.2. The summed E-state index contributed by atoms with van der Waals surface area (Å²) >= 11 is 0. The number of para-hydroxylation sites is 1. The third-order valence-electron chi connectivity index (χ3n) is 5.77. The van der Waals surface area contributed by atoms with Crippen LogP contribution in [-0.4, -0.2) is 47.8 Å². The van der Waals surface area contributed by atoms with Crippen LogP contribution in [0.15, 0.2) is 30.3 Å². The summed E-state index contributed by atoms with van der Waals surface area (Å²) in [6, 6.07) is 10.8. The lowest BCUT2D eigenvalue weighted by molar-refractivity contribution is 0.255. The van der Waals surface area contributed by atoms with E-state index in [1.165, 1.54) is 75.2 Å². The molecule has 1 aromatic carbocycles. The normalized spacial score (nSPS) is 18.8. The number of aryl methyl sites for hydroxylation is 2. The number of nitrogens with zero attached hydrogens (tertiary/aromatic N) is 3. The second-order valence-corrected chi connectivity index (χ2v) is 7.46. The molecule has 0 bridgehead atoms. The first-order valence-corrected chi connectivity index (χ1v) is 9.97. The van der Waals surface area contributed by atoms with Gasteiger partial charge in [-0.05, 0) is 62.8 Å². The molecule has 2 aromatic rings. The van der Waals surface area contributed by atoms with Crippen LogP contribution in [0.25, 0.3) is 0 Å². The summed E-state index contributed by atoms with van der Waals surface area (Å²) in [4.78, 5) is 5.12. The maximum absolute atomic E-state index is 4.58. The van der Waals surface area contributed by atoms with Gasteiger partial charge in [0.2, 0.25) is 0 Å². The molecule has 134 valence electrons. The van der Waals surface area contributed by atoms with Crippen molar-refractivity contribution >= 4 is 5.69 Å². The van der Waals surface area contributed by atoms with Gasteiger partial charge in [0, 0.05) is 37.6 Å². The second-order valence-electron chi connectivity index (χ2n) is 7.46. The van der Waals surface area contributed by atoms with Crippen molar-refractivity contribution in [1.29, 1.82) is 0 Å². The molecule has 0 spiro atoms. The number of aromatic amines is 1. The fraction of sp³-hybridized carbons (Fsp3) is 0.571. The van der Waals surface area contributed by atoms with Crippen molar-refractivity contribution in [2.75, 3.05) is 37.6 Å². The maximum Gasteiger partial charge on any atom is 0.0656 e. The van der Waals surface area contributed by atoms with Crippen LogP contribution in [0.4, 0.5) is 5.69 Å². The van der Waals surface area contributed by atoms with E-state index in [2.05, 4.69) is 50.3 Å². The highest BCUT2D eigenvalue weighted by Crippen LogP contribution is 2.22. The lowest BCUT2D eigenvalue weighted by Crippen LogP contribution is -2.46. The lowest BCUT2D eigenvalue weighted by atomic mass is 10.0. The van der Waals surface area contributed by atoms with Crippen molar-refractivity contribution in [3.8, 4) is 0 Å². The molecule has 1 aromatic heterocycles. The Morgan fingerprint density at radius 1 is 0.920 bits per heavy atom. The van der Waals surface area contributed by atoms with Gasteiger partial charge in [-0.3, -0.25) is 10.00 Å². The molecule has 4 heteroatoms. The number of rotatable bonds is 5. The van der Waals surface area contributed by atoms with Crippen LogP contribution in [0.2, 0.25) is 0 Å². The van der Waals surface area contributed by atoms with Crippen LogP contribution in [0, 0.1) is 0 Å². The predicted molar refractivity (Wildman–Crippen MR) is 103 cm³/mol. The molecule has 0 unspecified atom stereocenters. The van der Waals surface area contributed by atoms with Crippen molar-refractivity contribution in [1.82, 2.24) is 15.1 Å². The number of hydrogen-bond acceptors (Lipinski definition) is 3. The first-order valence-electron chi connectivity index (χ1n) is 9.97. The van der Waals surface area contributed by atoms with Gasteiger partial charge in [0.25, 0.3) is 0 Å². The molecule has 1 N–H and O–H groups in total. The van der Waals surface area contributed by atoms with Crippen LogP contribution >= 0.6 is 0 Å². The monoisotopic (exact) mass is 338 g/mol. The number of piperazine rings is 1. The van der Waals surface area contributed by atoms with E-state index < -0.39 is 0 Å². The smallest absolute Gasteiger partial charge is 0.0656 e. The Balaban J connectivity index is 1.23. The zero-order valence-electron chi connectivity index (χ0n) is 15.2. The van der Waals surface area contributed by atoms with Gasteiger partial charge < -0.3 is 4.90 Å². The highest BCUT2D eigenvalue weighted by atomic mass is 15.3. The molecule has 0 amide bonds. The minimum absolute atomic E-state index is 1.14. The Morgan fingerprint density at radius 2 is 1.72 bits per heavy atom. The summed E-state index contributed by atoms with van der Waals surface area (Å²) in [5, 5.41) is 7.91. The van der Waals surface area contributed by atoms with Gasteiger partial charge in [-0.15, -0.1) is 0 Å². The number of fused-ring (bicyclic) bond motifs is 1. The minimum Gasteiger partial charge on any atom is -0.369 e. The molecule has 25 heavy (non-hydrogen) atoms. The third-order valence-corrected chi connectivity index (χ3v) is 5.77. The molecular weight excluding hydrogens is 308 g/mol. The second kappa shape index (κ2) is 8.05. The Morgan fingerprint density at radius 3 is 2.56 bits per heavy atom. The Hall–Kier alpha value is -1.81. The number of hydrogen-bond donors (Lipinski definition) is 1. The summed E-state index contributed by atoms with van der Waals surface area (Å²) in [5.41, 5.74) is 5.68. The molecule has 0 radical (unpaired) electrons. The van der Waals surface area contributed by atoms with Gasteiger partial charge in [0.15, 0.2) is 0 Å². The number of H-pyrrole nitrogens is 1. The van der Waals surface area contributed by atoms with Crippen LogP contribution in [0.5, 0.6) is 0 Å². The summed E-state index contributed by atoms with van der Waals surface area (Å²) in [5.74, 6) is 0. The fourth-order valence-corrected chi connectivity index (χ4v) is 4.27. The summed E-state index contributed by atoms with van der Waals surface area (Å²) in [6.45, 7) is 5.84. The Bertz CT molecular complexity index is 656. The summed E-state index contributed by atoms with van der Waals surface area (Å²) in [6.07, 6.45) is 8.80. The number of nitrogens with one attached hydrogen (secondary N) is 1. The molecule has 1 fully saturated rings. The molecule has 2 aliphatic rings. The van der Waals surface area contributed by atoms with Crippen molar-refractivity contribution in [3.63, 3.8) is 0 Å². The van der Waals surface area contributed by atoms with E-state index in [1.54, 1.807) is 5.56 Å². The fourth-order valence-electron chi connectivity index (χ4n) is 4.27. The number of benzene rings is 1. The van der Waals surface area contributed by atoms with Gasteiger partial charge in [0.05, 0.1) is 5.69 Å². The molecule has 0 atom stereocenters. The predicted octanol–water partition coefficient (Wildman–Crippen LogP) is 3.43. The van der Waals surface area contributed by atoms with E-state index in [9.17, 15) is 0 Å². The Labute approximate surface area is 151 Å². The van der Waals surface area contributed by atoms with E-state index in [4.69, 9.17) is 0 Å². The largest absolute Gasteiger partial charge is 0.369 e. The van der Waals surface area contributed by atoms with Gasteiger partial charge in [-0.25, -0.2) is 0 Å². The average molecular weight is 338 g/mol. The Kier molecular flexibility index (Phi) is 5.36. The summed E-state index contributed by atoms with van der Waals surface area (Å²) in [7, 11) is 0. The molecule has 1 aliphatic heterocycles. The molecule has 4 rings (SSSR count). The quantitative estimate of drug-likeness (QED) is 0.848. The van der Waals surface area contributed by atoms with E-state index in [-0.39, 0.29) is 0 Å². The maximum atomic E-state index is 4.58. The molecule has 4 nitrogen and oxygen atoms in total. The van der Waals surface area contributed by atoms with Crippen LogP contribution < -0.4 is 4.90 Å². The van der Waals surface area contributed by atoms with Crippen molar-refractivity contribution in [2.45, 2.75) is 44.9 Å². The van der Waals surface area contributed by atoms with Crippen LogP contribution in [0.3, 0.4) is 0 Å². The molecular formula is C21H30N4. The topological polar surface area (TPSA) is 35.2 Å². The van der Waals surface area contributed by atoms with E-state index >= 15 is 0 Å². The first-order chi connectivity index (χ1) is 12.4. The number of anilines is 1. The molecule has 1 aliphatic carbocycles. The highest BCUT2D eigenvalue weighted by Gasteiger charge is 2.18. The van der Waals surface area contributed by atoms with Gasteiger partial charge in [-0.1, -0.05) is 24.6 Å². The SMILES string of the molecule is c1ccc(N2CCN(CCCc3[nH]nc4c3CCCCC4)CC2)cc1. The number of aromatic nitrogens is 2. The minimum atomic E-state index is 1.14. The van der Waals surface area contributed by atoms with Gasteiger partial charge in [0.1, 0.15) is 0 Å². The van der Waals surface area contributed by atoms with E-state index in [0.29, 0.717) is 0 Å². The van der Waals surface area contributed by atoms with Crippen molar-refractivity contribution < 1.29 is 0 Å². The van der Waals surface area contributed by atoms with E-state index in [1.807, 2.05) is 0 Å². The molecule has 0 saturated carbocycles. The first kappa shape index (κ1) is 16.6. The van der Waals surface area contributed by atoms with Gasteiger partial charge in [-0.2, -0.15) is 5.10 Å². The average Bonchev–Trinajstić information content (AvgIpc) is 2.89.